The number of rotatable bonds is 5. The van der Waals surface area contributed by atoms with Gasteiger partial charge in [-0.15, -0.1) is 0 Å². The summed E-state index contributed by atoms with van der Waals surface area (Å²) < 4.78 is 15.1. The molecule has 0 unspecified atom stereocenters. The van der Waals surface area contributed by atoms with Crippen LogP contribution < -0.4 is 10.6 Å². The number of anilines is 1. The van der Waals surface area contributed by atoms with Crippen molar-refractivity contribution in [2.45, 2.75) is 58.0 Å². The highest BCUT2D eigenvalue weighted by Gasteiger charge is 2.20. The minimum absolute atomic E-state index is 0.0979. The van der Waals surface area contributed by atoms with Gasteiger partial charge in [-0.3, -0.25) is 9.78 Å². The molecule has 3 aromatic heterocycles. The van der Waals surface area contributed by atoms with Crippen LogP contribution in [0, 0.1) is 5.82 Å². The molecule has 152 valence electrons. The van der Waals surface area contributed by atoms with Crippen LogP contribution >= 0.6 is 0 Å². The Balaban J connectivity index is 1.67. The van der Waals surface area contributed by atoms with Crippen LogP contribution in [-0.2, 0) is 0 Å². The summed E-state index contributed by atoms with van der Waals surface area (Å²) >= 11 is 0. The number of amides is 1. The molecule has 0 aromatic carbocycles. The number of halogens is 1. The number of pyridine rings is 1. The first-order valence-corrected chi connectivity index (χ1v) is 10.2. The first kappa shape index (κ1) is 19.4. The van der Waals surface area contributed by atoms with E-state index in [0.717, 1.165) is 37.1 Å². The molecule has 3 heterocycles. The topological polar surface area (TPSA) is 71.3 Å². The lowest BCUT2D eigenvalue weighted by Crippen LogP contribution is -2.36. The average molecular weight is 395 g/mol. The molecule has 1 fully saturated rings. The van der Waals surface area contributed by atoms with Gasteiger partial charge in [0.1, 0.15) is 5.82 Å². The number of fused-ring (bicyclic) bond motifs is 1. The van der Waals surface area contributed by atoms with E-state index < -0.39 is 0 Å². The highest BCUT2D eigenvalue weighted by molar-refractivity contribution is 6.00. The van der Waals surface area contributed by atoms with Crippen molar-refractivity contribution in [1.29, 1.82) is 0 Å². The zero-order valence-corrected chi connectivity index (χ0v) is 16.8. The largest absolute Gasteiger partial charge is 0.382 e. The van der Waals surface area contributed by atoms with Crippen molar-refractivity contribution < 1.29 is 9.18 Å². The van der Waals surface area contributed by atoms with Crippen LogP contribution in [0.1, 0.15) is 56.3 Å². The third-order valence-electron chi connectivity index (χ3n) is 5.26. The number of carbonyl (C=O) groups is 1. The zero-order chi connectivity index (χ0) is 20.4. The van der Waals surface area contributed by atoms with Crippen molar-refractivity contribution in [2.75, 3.05) is 5.32 Å². The maximum absolute atomic E-state index is 13.4. The molecule has 1 aliphatic carbocycles. The van der Waals surface area contributed by atoms with Gasteiger partial charge < -0.3 is 10.6 Å². The maximum Gasteiger partial charge on any atom is 0.255 e. The molecular formula is C22H26FN5O. The molecule has 2 N–H and O–H groups in total. The highest BCUT2D eigenvalue weighted by Crippen LogP contribution is 2.26. The van der Waals surface area contributed by atoms with Crippen LogP contribution in [0.4, 0.5) is 10.1 Å². The normalized spacial score (nSPS) is 15.0. The summed E-state index contributed by atoms with van der Waals surface area (Å²) in [7, 11) is 0. The lowest BCUT2D eigenvalue weighted by Gasteiger charge is -2.23. The fourth-order valence-corrected chi connectivity index (χ4v) is 3.88. The van der Waals surface area contributed by atoms with Gasteiger partial charge in [0.05, 0.1) is 34.4 Å². The second kappa shape index (κ2) is 8.19. The van der Waals surface area contributed by atoms with Crippen molar-refractivity contribution >= 4 is 17.1 Å². The van der Waals surface area contributed by atoms with E-state index in [-0.39, 0.29) is 23.8 Å². The summed E-state index contributed by atoms with van der Waals surface area (Å²) in [6, 6.07) is 7.33. The zero-order valence-electron chi connectivity index (χ0n) is 16.8. The Morgan fingerprint density at radius 3 is 2.72 bits per heavy atom. The maximum atomic E-state index is 13.4. The molecular weight excluding hydrogens is 369 g/mol. The van der Waals surface area contributed by atoms with E-state index in [2.05, 4.69) is 20.7 Å². The van der Waals surface area contributed by atoms with Gasteiger partial charge in [-0.05, 0) is 44.9 Å². The molecule has 0 saturated heterocycles. The van der Waals surface area contributed by atoms with Gasteiger partial charge in [0.15, 0.2) is 0 Å². The van der Waals surface area contributed by atoms with Crippen molar-refractivity contribution in [1.82, 2.24) is 19.9 Å². The summed E-state index contributed by atoms with van der Waals surface area (Å²) in [6.07, 6.45) is 8.41. The van der Waals surface area contributed by atoms with Crippen LogP contribution in [0.2, 0.25) is 0 Å². The molecule has 1 saturated carbocycles. The van der Waals surface area contributed by atoms with E-state index >= 15 is 0 Å². The third kappa shape index (κ3) is 4.23. The minimum atomic E-state index is -0.382. The fraction of sp³-hybridized carbons (Fsp3) is 0.409. The minimum Gasteiger partial charge on any atom is -0.382 e. The Hall–Kier alpha value is -2.96. The van der Waals surface area contributed by atoms with Crippen molar-refractivity contribution in [3.8, 4) is 11.4 Å². The van der Waals surface area contributed by atoms with E-state index in [1.54, 1.807) is 16.8 Å². The number of hydrogen-bond acceptors (Lipinski definition) is 4. The molecule has 4 rings (SSSR count). The Bertz CT molecular complexity index is 1020. The second-order valence-corrected chi connectivity index (χ2v) is 7.95. The van der Waals surface area contributed by atoms with Gasteiger partial charge in [-0.25, -0.2) is 8.91 Å². The Morgan fingerprint density at radius 2 is 1.97 bits per heavy atom. The number of hydrogen-bond donors (Lipinski definition) is 2. The highest BCUT2D eigenvalue weighted by atomic mass is 19.1. The molecule has 0 atom stereocenters. The molecule has 1 amide bonds. The van der Waals surface area contributed by atoms with Gasteiger partial charge in [-0.1, -0.05) is 19.3 Å². The van der Waals surface area contributed by atoms with Crippen molar-refractivity contribution in [3.63, 3.8) is 0 Å². The van der Waals surface area contributed by atoms with Crippen LogP contribution in [0.25, 0.3) is 16.9 Å². The summed E-state index contributed by atoms with van der Waals surface area (Å²) in [5, 5.41) is 10.7. The van der Waals surface area contributed by atoms with Crippen molar-refractivity contribution in [2.24, 2.45) is 0 Å². The van der Waals surface area contributed by atoms with Crippen LogP contribution in [0.15, 0.2) is 36.7 Å². The molecule has 0 spiro atoms. The molecule has 29 heavy (non-hydrogen) atoms. The van der Waals surface area contributed by atoms with Crippen LogP contribution in [0.5, 0.6) is 0 Å². The predicted octanol–water partition coefficient (Wildman–Crippen LogP) is 4.42. The Kier molecular flexibility index (Phi) is 5.47. The monoisotopic (exact) mass is 395 g/mol. The molecule has 0 aliphatic heterocycles. The Morgan fingerprint density at radius 1 is 1.17 bits per heavy atom. The summed E-state index contributed by atoms with van der Waals surface area (Å²) in [5.74, 6) is -0.480. The van der Waals surface area contributed by atoms with Gasteiger partial charge in [-0.2, -0.15) is 5.10 Å². The molecule has 1 aliphatic rings. The number of nitrogens with one attached hydrogen (secondary N) is 2. The van der Waals surface area contributed by atoms with Gasteiger partial charge in [0.2, 0.25) is 0 Å². The van der Waals surface area contributed by atoms with E-state index in [4.69, 9.17) is 0 Å². The van der Waals surface area contributed by atoms with Crippen molar-refractivity contribution in [3.05, 3.63) is 48.0 Å². The van der Waals surface area contributed by atoms with E-state index in [9.17, 15) is 9.18 Å². The lowest BCUT2D eigenvalue weighted by atomic mass is 9.95. The average Bonchev–Trinajstić information content (AvgIpc) is 3.11. The quantitative estimate of drug-likeness (QED) is 0.671. The third-order valence-corrected chi connectivity index (χ3v) is 5.26. The second-order valence-electron chi connectivity index (χ2n) is 7.95. The van der Waals surface area contributed by atoms with Gasteiger partial charge >= 0.3 is 0 Å². The SMILES string of the molecule is CC(C)Nc1cc(-c2ccc3cc(F)cnn23)ncc1C(=O)NC1CCCCC1. The smallest absolute Gasteiger partial charge is 0.255 e. The lowest BCUT2D eigenvalue weighted by molar-refractivity contribution is 0.0928. The predicted molar refractivity (Wildman–Crippen MR) is 111 cm³/mol. The molecule has 0 radical (unpaired) electrons. The Labute approximate surface area is 169 Å². The van der Waals surface area contributed by atoms with Gasteiger partial charge in [0.25, 0.3) is 5.91 Å². The van der Waals surface area contributed by atoms with Crippen LogP contribution in [0.3, 0.4) is 0 Å². The molecule has 7 heteroatoms. The molecule has 3 aromatic rings. The summed E-state index contributed by atoms with van der Waals surface area (Å²) in [5.41, 5.74) is 3.33. The summed E-state index contributed by atoms with van der Waals surface area (Å²) in [6.45, 7) is 4.06. The first-order chi connectivity index (χ1) is 14.0. The van der Waals surface area contributed by atoms with Gasteiger partial charge in [0, 0.05) is 24.3 Å². The summed E-state index contributed by atoms with van der Waals surface area (Å²) in [4.78, 5) is 17.4. The molecule has 6 nitrogen and oxygen atoms in total. The van der Waals surface area contributed by atoms with Crippen LogP contribution in [-0.4, -0.2) is 32.6 Å². The fourth-order valence-electron chi connectivity index (χ4n) is 3.88. The number of carbonyl (C=O) groups excluding carboxylic acids is 1. The van der Waals surface area contributed by atoms with E-state index in [1.165, 1.54) is 18.7 Å². The first-order valence-electron chi connectivity index (χ1n) is 10.2. The molecule has 0 bridgehead atoms. The standard InChI is InChI=1S/C22H26FN5O/c1-14(2)26-19-11-20(21-9-8-17-10-15(23)12-25-28(17)21)24-13-18(19)22(29)27-16-6-4-3-5-7-16/h8-14,16H,3-7H2,1-2H3,(H,24,26)(H,27,29). The van der Waals surface area contributed by atoms with E-state index in [0.29, 0.717) is 16.8 Å². The number of aromatic nitrogens is 3. The number of nitrogens with zero attached hydrogens (tertiary/aromatic N) is 3. The van der Waals surface area contributed by atoms with E-state index in [1.807, 2.05) is 26.0 Å².